The standard InChI is InChI=1S/C22H25F3N2O3S/c1-31(29,30)15-16-5-7-18(8-6-16)21(28)26-20-9-11-27(12-10-20)14-17-3-2-4-19(13-17)22(23,24)25/h2-8,13,20H,9-12,14-15H2,1H3,(H,26,28). The molecule has 0 saturated carbocycles. The molecule has 0 aromatic heterocycles. The van der Waals surface area contributed by atoms with Gasteiger partial charge in [-0.15, -0.1) is 0 Å². The molecule has 2 aromatic rings. The molecule has 1 saturated heterocycles. The van der Waals surface area contributed by atoms with Crippen molar-refractivity contribution in [2.45, 2.75) is 37.4 Å². The highest BCUT2D eigenvalue weighted by molar-refractivity contribution is 7.89. The minimum Gasteiger partial charge on any atom is -0.349 e. The van der Waals surface area contributed by atoms with Gasteiger partial charge >= 0.3 is 6.18 Å². The van der Waals surface area contributed by atoms with Gasteiger partial charge in [0.15, 0.2) is 9.84 Å². The average Bonchev–Trinajstić information content (AvgIpc) is 2.68. The van der Waals surface area contributed by atoms with Crippen LogP contribution in [0.25, 0.3) is 0 Å². The van der Waals surface area contributed by atoms with Gasteiger partial charge in [0, 0.05) is 37.5 Å². The van der Waals surface area contributed by atoms with Crippen LogP contribution in [-0.4, -0.2) is 44.6 Å². The smallest absolute Gasteiger partial charge is 0.349 e. The predicted octanol–water partition coefficient (Wildman–Crippen LogP) is 3.64. The van der Waals surface area contributed by atoms with Crippen molar-refractivity contribution in [1.82, 2.24) is 10.2 Å². The summed E-state index contributed by atoms with van der Waals surface area (Å²) in [7, 11) is -3.13. The zero-order valence-electron chi connectivity index (χ0n) is 17.2. The molecule has 0 unspecified atom stereocenters. The molecule has 1 aliphatic heterocycles. The Kier molecular flexibility index (Phi) is 7.06. The maximum Gasteiger partial charge on any atom is 0.416 e. The number of nitrogens with one attached hydrogen (secondary N) is 1. The Balaban J connectivity index is 1.49. The van der Waals surface area contributed by atoms with E-state index in [0.717, 1.165) is 12.3 Å². The van der Waals surface area contributed by atoms with Crippen LogP contribution < -0.4 is 5.32 Å². The lowest BCUT2D eigenvalue weighted by Crippen LogP contribution is -2.44. The van der Waals surface area contributed by atoms with Gasteiger partial charge in [-0.25, -0.2) is 8.42 Å². The van der Waals surface area contributed by atoms with Crippen LogP contribution in [0.15, 0.2) is 48.5 Å². The molecule has 2 aromatic carbocycles. The van der Waals surface area contributed by atoms with E-state index in [0.29, 0.717) is 49.2 Å². The van der Waals surface area contributed by atoms with E-state index < -0.39 is 21.6 Å². The maximum atomic E-state index is 12.9. The topological polar surface area (TPSA) is 66.5 Å². The van der Waals surface area contributed by atoms with Crippen LogP contribution in [0.3, 0.4) is 0 Å². The number of hydrogen-bond acceptors (Lipinski definition) is 4. The number of benzene rings is 2. The Bertz CT molecular complexity index is 1010. The fraction of sp³-hybridized carbons (Fsp3) is 0.409. The van der Waals surface area contributed by atoms with Crippen LogP contribution >= 0.6 is 0 Å². The highest BCUT2D eigenvalue weighted by Crippen LogP contribution is 2.30. The molecule has 1 amide bonds. The van der Waals surface area contributed by atoms with E-state index in [2.05, 4.69) is 10.2 Å². The summed E-state index contributed by atoms with van der Waals surface area (Å²) in [6.45, 7) is 1.79. The van der Waals surface area contributed by atoms with Crippen LogP contribution in [0.1, 0.15) is 39.9 Å². The summed E-state index contributed by atoms with van der Waals surface area (Å²) in [6.07, 6.45) is -1.78. The van der Waals surface area contributed by atoms with Crippen molar-refractivity contribution in [1.29, 1.82) is 0 Å². The Hall–Kier alpha value is -2.39. The molecule has 1 N–H and O–H groups in total. The molecule has 1 aliphatic rings. The van der Waals surface area contributed by atoms with E-state index in [1.807, 2.05) is 0 Å². The van der Waals surface area contributed by atoms with E-state index in [-0.39, 0.29) is 17.7 Å². The van der Waals surface area contributed by atoms with Crippen LogP contribution in [0.2, 0.25) is 0 Å². The summed E-state index contributed by atoms with van der Waals surface area (Å²) in [5, 5.41) is 2.98. The summed E-state index contributed by atoms with van der Waals surface area (Å²) >= 11 is 0. The Morgan fingerprint density at radius 3 is 2.29 bits per heavy atom. The summed E-state index contributed by atoms with van der Waals surface area (Å²) in [5.74, 6) is -0.290. The molecule has 0 atom stereocenters. The minimum absolute atomic E-state index is 0.0130. The molecule has 0 radical (unpaired) electrons. The predicted molar refractivity (Wildman–Crippen MR) is 112 cm³/mol. The average molecular weight is 455 g/mol. The zero-order chi connectivity index (χ0) is 22.6. The number of sulfone groups is 1. The lowest BCUT2D eigenvalue weighted by atomic mass is 10.0. The molecule has 168 valence electrons. The molecular formula is C22H25F3N2O3S. The number of halogens is 3. The molecule has 5 nitrogen and oxygen atoms in total. The fourth-order valence-corrected chi connectivity index (χ4v) is 4.46. The fourth-order valence-electron chi connectivity index (χ4n) is 3.66. The Morgan fingerprint density at radius 1 is 1.06 bits per heavy atom. The number of rotatable bonds is 6. The third kappa shape index (κ3) is 7.07. The molecule has 0 bridgehead atoms. The van der Waals surface area contributed by atoms with Gasteiger partial charge in [-0.3, -0.25) is 9.69 Å². The van der Waals surface area contributed by atoms with Crippen molar-refractivity contribution < 1.29 is 26.4 Å². The number of hydrogen-bond donors (Lipinski definition) is 1. The SMILES string of the molecule is CS(=O)(=O)Cc1ccc(C(=O)NC2CCN(Cc3cccc(C(F)(F)F)c3)CC2)cc1. The van der Waals surface area contributed by atoms with Crippen LogP contribution in [0.5, 0.6) is 0 Å². The lowest BCUT2D eigenvalue weighted by Gasteiger charge is -2.32. The van der Waals surface area contributed by atoms with Crippen molar-refractivity contribution in [3.8, 4) is 0 Å². The summed E-state index contributed by atoms with van der Waals surface area (Å²) in [6, 6.07) is 11.8. The van der Waals surface area contributed by atoms with Crippen molar-refractivity contribution in [2.75, 3.05) is 19.3 Å². The second-order valence-corrected chi connectivity index (χ2v) is 10.1. The van der Waals surface area contributed by atoms with Gasteiger partial charge in [0.05, 0.1) is 11.3 Å². The highest BCUT2D eigenvalue weighted by atomic mass is 32.2. The molecule has 9 heteroatoms. The van der Waals surface area contributed by atoms with Gasteiger partial charge in [0.25, 0.3) is 5.91 Å². The summed E-state index contributed by atoms with van der Waals surface area (Å²) < 4.78 is 61.3. The van der Waals surface area contributed by atoms with Crippen LogP contribution in [0, 0.1) is 0 Å². The Morgan fingerprint density at radius 2 is 1.71 bits per heavy atom. The van der Waals surface area contributed by atoms with Crippen molar-refractivity contribution in [2.24, 2.45) is 0 Å². The number of carbonyl (C=O) groups excluding carboxylic acids is 1. The van der Waals surface area contributed by atoms with Gasteiger partial charge in [0.1, 0.15) is 0 Å². The number of amides is 1. The van der Waals surface area contributed by atoms with Gasteiger partial charge in [-0.05, 0) is 42.2 Å². The van der Waals surface area contributed by atoms with E-state index in [4.69, 9.17) is 0 Å². The van der Waals surface area contributed by atoms with Crippen LogP contribution in [0.4, 0.5) is 13.2 Å². The molecule has 1 fully saturated rings. The number of likely N-dealkylation sites (tertiary alicyclic amines) is 1. The highest BCUT2D eigenvalue weighted by Gasteiger charge is 2.30. The molecular weight excluding hydrogens is 429 g/mol. The molecule has 0 spiro atoms. The first-order valence-electron chi connectivity index (χ1n) is 9.96. The number of nitrogens with zero attached hydrogens (tertiary/aromatic N) is 1. The summed E-state index contributed by atoms with van der Waals surface area (Å²) in [4.78, 5) is 14.5. The second-order valence-electron chi connectivity index (χ2n) is 7.99. The molecule has 31 heavy (non-hydrogen) atoms. The van der Waals surface area contributed by atoms with Crippen molar-refractivity contribution >= 4 is 15.7 Å². The van der Waals surface area contributed by atoms with E-state index >= 15 is 0 Å². The quantitative estimate of drug-likeness (QED) is 0.724. The van der Waals surface area contributed by atoms with Gasteiger partial charge in [-0.2, -0.15) is 13.2 Å². The largest absolute Gasteiger partial charge is 0.416 e. The van der Waals surface area contributed by atoms with E-state index in [9.17, 15) is 26.4 Å². The van der Waals surface area contributed by atoms with E-state index in [1.165, 1.54) is 12.1 Å². The normalized spacial score (nSPS) is 16.3. The number of piperidine rings is 1. The summed E-state index contributed by atoms with van der Waals surface area (Å²) in [5.41, 5.74) is 1.06. The number of carbonyl (C=O) groups is 1. The second kappa shape index (κ2) is 9.40. The maximum absolute atomic E-state index is 12.9. The van der Waals surface area contributed by atoms with Gasteiger partial charge in [-0.1, -0.05) is 30.3 Å². The number of alkyl halides is 3. The zero-order valence-corrected chi connectivity index (χ0v) is 18.0. The molecule has 0 aliphatic carbocycles. The lowest BCUT2D eigenvalue weighted by molar-refractivity contribution is -0.137. The first-order chi connectivity index (χ1) is 14.5. The minimum atomic E-state index is -4.35. The third-order valence-electron chi connectivity index (χ3n) is 5.23. The van der Waals surface area contributed by atoms with E-state index in [1.54, 1.807) is 30.3 Å². The molecule has 3 rings (SSSR count). The van der Waals surface area contributed by atoms with Crippen molar-refractivity contribution in [3.63, 3.8) is 0 Å². The first kappa shape index (κ1) is 23.3. The van der Waals surface area contributed by atoms with Gasteiger partial charge < -0.3 is 5.32 Å². The Labute approximate surface area is 180 Å². The van der Waals surface area contributed by atoms with Crippen molar-refractivity contribution in [3.05, 3.63) is 70.8 Å². The van der Waals surface area contributed by atoms with Crippen LogP contribution in [-0.2, 0) is 28.3 Å². The molecule has 1 heterocycles. The monoisotopic (exact) mass is 454 g/mol. The van der Waals surface area contributed by atoms with Gasteiger partial charge in [0.2, 0.25) is 0 Å². The third-order valence-corrected chi connectivity index (χ3v) is 6.09. The first-order valence-corrected chi connectivity index (χ1v) is 12.0.